The molecule has 0 saturated carbocycles. The highest BCUT2D eigenvalue weighted by atomic mass is 19.4. The zero-order valence-corrected chi connectivity index (χ0v) is 5.51. The van der Waals surface area contributed by atoms with Crippen molar-refractivity contribution >= 4 is 0 Å². The molecule has 0 N–H and O–H groups in total. The number of hydrogen-bond donors (Lipinski definition) is 0. The Hall–Kier alpha value is -0.600. The van der Waals surface area contributed by atoms with Crippen LogP contribution in [0.4, 0.5) is 35.1 Å². The largest absolute Gasteiger partial charge is 0.459 e. The number of alkyl halides is 8. The van der Waals surface area contributed by atoms with Gasteiger partial charge in [0.25, 0.3) is 0 Å². The highest BCUT2D eigenvalue weighted by Gasteiger charge is 2.76. The van der Waals surface area contributed by atoms with Crippen LogP contribution in [0.25, 0.3) is 0 Å². The van der Waals surface area contributed by atoms with Gasteiger partial charge in [0, 0.05) is 0 Å². The third kappa shape index (κ3) is 1.84. The van der Waals surface area contributed by atoms with Crippen molar-refractivity contribution in [3.05, 3.63) is 0 Å². The van der Waals surface area contributed by atoms with E-state index in [0.717, 1.165) is 0 Å². The lowest BCUT2D eigenvalue weighted by Gasteiger charge is -2.27. The average Bonchev–Trinajstić information content (AvgIpc) is 1.84. The van der Waals surface area contributed by atoms with Gasteiger partial charge >= 0.3 is 24.4 Å². The number of hydrogen-bond acceptors (Lipinski definition) is 0. The Balaban J connectivity index is 5.04. The molecule has 0 saturated heterocycles. The van der Waals surface area contributed by atoms with Crippen LogP contribution in [0.15, 0.2) is 0 Å². The van der Waals surface area contributed by atoms with Crippen molar-refractivity contribution in [2.75, 3.05) is 0 Å². The first kappa shape index (κ1) is 12.4. The predicted octanol–water partition coefficient (Wildman–Crippen LogP) is 2.55. The van der Waals surface area contributed by atoms with E-state index >= 15 is 0 Å². The lowest BCUT2D eigenvalue weighted by atomic mass is 10.1. The van der Waals surface area contributed by atoms with Gasteiger partial charge in [0.05, 0.1) is 0 Å². The van der Waals surface area contributed by atoms with Gasteiger partial charge < -0.3 is 0 Å². The topological polar surface area (TPSA) is 19.9 Å². The second-order valence-corrected chi connectivity index (χ2v) is 2.02. The lowest BCUT2D eigenvalue weighted by molar-refractivity contribution is -0.411. The van der Waals surface area contributed by atoms with Gasteiger partial charge in [-0.3, -0.25) is 0 Å². The van der Waals surface area contributed by atoms with E-state index in [4.69, 9.17) is 0 Å². The Bertz CT molecular complexity index is 181. The molecule has 0 aromatic rings. The summed E-state index contributed by atoms with van der Waals surface area (Å²) >= 11 is 0. The molecule has 0 heterocycles. The van der Waals surface area contributed by atoms with Gasteiger partial charge in [0.15, 0.2) is 0 Å². The Kier molecular flexibility index (Phi) is 2.83. The summed E-state index contributed by atoms with van der Waals surface area (Å²) in [4.78, 5) is 0. The maximum atomic E-state index is 11.7. The summed E-state index contributed by atoms with van der Waals surface area (Å²) in [5.74, 6) is -12.8. The van der Waals surface area contributed by atoms with E-state index in [1.165, 1.54) is 0 Å². The monoisotopic (exact) mass is 217 g/mol. The van der Waals surface area contributed by atoms with Gasteiger partial charge in [-0.05, 0) is 0 Å². The van der Waals surface area contributed by atoms with Crippen molar-refractivity contribution in [1.29, 1.82) is 0 Å². The molecule has 0 aromatic heterocycles. The van der Waals surface area contributed by atoms with E-state index in [1.54, 1.807) is 0 Å². The van der Waals surface area contributed by atoms with Gasteiger partial charge in [-0.1, -0.05) is 0 Å². The smallest absolute Gasteiger partial charge is 0.204 e. The van der Waals surface area contributed by atoms with Gasteiger partial charge in [-0.15, -0.1) is 0 Å². The van der Waals surface area contributed by atoms with E-state index in [9.17, 15) is 40.2 Å². The maximum absolute atomic E-state index is 11.7. The molecule has 0 amide bonds. The molecule has 1 nitrogen and oxygen atoms in total. The van der Waals surface area contributed by atoms with E-state index in [-0.39, 0.29) is 0 Å². The third-order valence-electron chi connectivity index (χ3n) is 1.06. The van der Waals surface area contributed by atoms with Crippen LogP contribution >= 0.6 is 0 Å². The van der Waals surface area contributed by atoms with Crippen molar-refractivity contribution in [2.45, 2.75) is 24.4 Å². The fourth-order valence-electron chi connectivity index (χ4n) is 0.330. The van der Waals surface area contributed by atoms with Crippen LogP contribution in [0.2, 0.25) is 0 Å². The van der Waals surface area contributed by atoms with E-state index in [0.29, 0.717) is 0 Å². The molecule has 1 atom stereocenters. The fraction of sp³-hybridized carbons (Fsp3) is 1.00. The fourth-order valence-corrected chi connectivity index (χ4v) is 0.330. The summed E-state index contributed by atoms with van der Waals surface area (Å²) < 4.78 is 90.9. The Labute approximate surface area is 66.0 Å². The van der Waals surface area contributed by atoms with Crippen molar-refractivity contribution in [3.63, 3.8) is 0 Å². The second kappa shape index (κ2) is 2.96. The molecular formula is C4HF8O. The number of halogens is 8. The summed E-state index contributed by atoms with van der Waals surface area (Å²) in [6.45, 7) is 0. The van der Waals surface area contributed by atoms with Crippen LogP contribution in [0.3, 0.4) is 0 Å². The molecule has 1 radical (unpaired) electrons. The predicted molar refractivity (Wildman–Crippen MR) is 21.5 cm³/mol. The van der Waals surface area contributed by atoms with Crippen molar-refractivity contribution < 1.29 is 40.2 Å². The minimum absolute atomic E-state index is 4.97. The standard InChI is InChI=1S/C4HF8O/c5-1(6)2(7,13)3(8,9)4(10,11)12/h1H. The highest BCUT2D eigenvalue weighted by Crippen LogP contribution is 2.47. The molecule has 0 aromatic carbocycles. The molecular weight excluding hydrogens is 216 g/mol. The summed E-state index contributed by atoms with van der Waals surface area (Å²) in [7, 11) is 0. The highest BCUT2D eigenvalue weighted by molar-refractivity contribution is 4.91. The molecule has 0 aliphatic rings. The molecule has 0 aliphatic carbocycles. The maximum Gasteiger partial charge on any atom is 0.459 e. The first-order valence-corrected chi connectivity index (χ1v) is 2.56. The van der Waals surface area contributed by atoms with Crippen LogP contribution < -0.4 is 0 Å². The van der Waals surface area contributed by atoms with Crippen LogP contribution in [-0.4, -0.2) is 24.4 Å². The number of rotatable bonds is 2. The Morgan fingerprint density at radius 2 is 1.15 bits per heavy atom. The van der Waals surface area contributed by atoms with Crippen LogP contribution in [0.1, 0.15) is 0 Å². The van der Waals surface area contributed by atoms with E-state index in [2.05, 4.69) is 0 Å². The molecule has 0 rings (SSSR count). The van der Waals surface area contributed by atoms with Crippen molar-refractivity contribution in [2.24, 2.45) is 0 Å². The zero-order chi connectivity index (χ0) is 11.1. The molecule has 0 spiro atoms. The Morgan fingerprint density at radius 3 is 1.23 bits per heavy atom. The van der Waals surface area contributed by atoms with Gasteiger partial charge in [0.1, 0.15) is 0 Å². The molecule has 1 unspecified atom stereocenters. The quantitative estimate of drug-likeness (QED) is 0.633. The van der Waals surface area contributed by atoms with E-state index in [1.807, 2.05) is 0 Å². The SMILES string of the molecule is [O]C(F)(C(F)F)C(F)(F)C(F)(F)F. The van der Waals surface area contributed by atoms with Crippen molar-refractivity contribution in [3.8, 4) is 0 Å². The third-order valence-corrected chi connectivity index (χ3v) is 1.06. The van der Waals surface area contributed by atoms with Crippen molar-refractivity contribution in [1.82, 2.24) is 0 Å². The molecule has 13 heavy (non-hydrogen) atoms. The molecule has 0 bridgehead atoms. The van der Waals surface area contributed by atoms with Gasteiger partial charge in [0.2, 0.25) is 0 Å². The second-order valence-electron chi connectivity index (χ2n) is 2.02. The normalized spacial score (nSPS) is 18.9. The molecule has 79 valence electrons. The summed E-state index contributed by atoms with van der Waals surface area (Å²) in [5, 5.41) is 9.58. The van der Waals surface area contributed by atoms with Gasteiger partial charge in [-0.2, -0.15) is 31.4 Å². The Morgan fingerprint density at radius 1 is 0.846 bits per heavy atom. The van der Waals surface area contributed by atoms with Crippen LogP contribution in [0.5, 0.6) is 0 Å². The molecule has 9 heteroatoms. The van der Waals surface area contributed by atoms with Gasteiger partial charge in [-0.25, -0.2) is 8.78 Å². The van der Waals surface area contributed by atoms with E-state index < -0.39 is 24.4 Å². The molecule has 0 fully saturated rings. The zero-order valence-electron chi connectivity index (χ0n) is 5.51. The molecule has 0 aliphatic heterocycles. The summed E-state index contributed by atoms with van der Waals surface area (Å²) in [5.41, 5.74) is 0. The summed E-state index contributed by atoms with van der Waals surface area (Å²) in [6, 6.07) is 0. The minimum atomic E-state index is -6.64. The minimum Gasteiger partial charge on any atom is -0.204 e. The lowest BCUT2D eigenvalue weighted by Crippen LogP contribution is -2.57. The average molecular weight is 217 g/mol. The van der Waals surface area contributed by atoms with Crippen LogP contribution in [0, 0.1) is 0 Å². The van der Waals surface area contributed by atoms with Crippen LogP contribution in [-0.2, 0) is 5.11 Å². The summed E-state index contributed by atoms with van der Waals surface area (Å²) in [6.07, 6.45) is -11.6. The first-order valence-electron chi connectivity index (χ1n) is 2.56. The first-order chi connectivity index (χ1) is 5.44.